The second-order valence-corrected chi connectivity index (χ2v) is 9.66. The van der Waals surface area contributed by atoms with Gasteiger partial charge in [0.05, 0.1) is 11.0 Å². The number of hydrogen-bond donors (Lipinski definition) is 0. The highest BCUT2D eigenvalue weighted by Gasteiger charge is 2.27. The Morgan fingerprint density at radius 1 is 0.697 bits per heavy atom. The molecule has 0 bridgehead atoms. The fourth-order valence-electron chi connectivity index (χ4n) is 4.58. The van der Waals surface area contributed by atoms with Crippen LogP contribution in [0.1, 0.15) is 12.0 Å². The minimum absolute atomic E-state index is 0.542. The lowest BCUT2D eigenvalue weighted by Gasteiger charge is -2.27. The third-order valence-electron chi connectivity index (χ3n) is 6.18. The van der Waals surface area contributed by atoms with E-state index in [4.69, 9.17) is 4.74 Å². The lowest BCUT2D eigenvalue weighted by molar-refractivity contribution is 0.225. The molecule has 0 saturated carbocycles. The van der Waals surface area contributed by atoms with E-state index in [0.29, 0.717) is 0 Å². The van der Waals surface area contributed by atoms with Crippen LogP contribution in [0.2, 0.25) is 0 Å². The Morgan fingerprint density at radius 3 is 1.91 bits per heavy atom. The number of alkyl halides is 1. The Balaban J connectivity index is 1.28. The van der Waals surface area contributed by atoms with Gasteiger partial charge >= 0.3 is 0 Å². The minimum Gasteiger partial charge on any atom is -0.472 e. The van der Waals surface area contributed by atoms with Gasteiger partial charge in [-0.3, -0.25) is 0 Å². The highest BCUT2D eigenvalue weighted by atomic mass is 79.9. The standard InChI is InChI=1S/C30H22BrNO/c31-30(20-18-23(19-21-30)22-8-2-1-3-9-22)33-25-16-14-24(15-17-25)32-28-12-6-4-10-26(28)27-11-5-7-13-29(27)32/h1-20H,21H2/t30-/m1/s1. The average Bonchev–Trinajstić information content (AvgIpc) is 3.20. The van der Waals surface area contributed by atoms with E-state index in [1.807, 2.05) is 18.2 Å². The molecule has 0 saturated heterocycles. The van der Waals surface area contributed by atoms with E-state index in [2.05, 4.69) is 124 Å². The van der Waals surface area contributed by atoms with Crippen LogP contribution in [0.3, 0.4) is 0 Å². The summed E-state index contributed by atoms with van der Waals surface area (Å²) in [5, 5.41) is 2.53. The van der Waals surface area contributed by atoms with Gasteiger partial charge < -0.3 is 9.30 Å². The normalized spacial score (nSPS) is 17.9. The van der Waals surface area contributed by atoms with Crippen LogP contribution in [-0.4, -0.2) is 9.08 Å². The van der Waals surface area contributed by atoms with Crippen molar-refractivity contribution in [3.05, 3.63) is 127 Å². The molecule has 1 aliphatic carbocycles. The molecule has 0 fully saturated rings. The van der Waals surface area contributed by atoms with Crippen LogP contribution in [0.15, 0.2) is 121 Å². The summed E-state index contributed by atoms with van der Waals surface area (Å²) in [6.45, 7) is 0. The summed E-state index contributed by atoms with van der Waals surface area (Å²) >= 11 is 3.80. The van der Waals surface area contributed by atoms with E-state index in [1.54, 1.807) is 0 Å². The van der Waals surface area contributed by atoms with Crippen molar-refractivity contribution < 1.29 is 4.74 Å². The fourth-order valence-corrected chi connectivity index (χ4v) is 5.06. The number of hydrogen-bond acceptors (Lipinski definition) is 1. The van der Waals surface area contributed by atoms with Gasteiger partial charge in [0, 0.05) is 22.9 Å². The number of para-hydroxylation sites is 2. The molecule has 1 heterocycles. The molecule has 0 amide bonds. The van der Waals surface area contributed by atoms with Gasteiger partial charge in [0.1, 0.15) is 5.75 Å². The van der Waals surface area contributed by atoms with Gasteiger partial charge in [-0.15, -0.1) is 0 Å². The number of fused-ring (bicyclic) bond motifs is 3. The zero-order chi connectivity index (χ0) is 22.3. The molecule has 1 aromatic heterocycles. The Kier molecular flexibility index (Phi) is 4.92. The molecule has 0 unspecified atom stereocenters. The first kappa shape index (κ1) is 20.1. The SMILES string of the molecule is Br[C@@]1(Oc2ccc(-n3c4ccccc4c4ccccc43)cc2)C=CC(c2ccccc2)=CC1. The highest BCUT2D eigenvalue weighted by molar-refractivity contribution is 9.10. The Labute approximate surface area is 201 Å². The quantitative estimate of drug-likeness (QED) is 0.230. The van der Waals surface area contributed by atoms with Crippen molar-refractivity contribution in [2.45, 2.75) is 10.9 Å². The second-order valence-electron chi connectivity index (χ2n) is 8.31. The van der Waals surface area contributed by atoms with Crippen LogP contribution in [0, 0.1) is 0 Å². The Hall–Kier alpha value is -3.56. The Morgan fingerprint density at radius 2 is 1.30 bits per heavy atom. The molecule has 0 spiro atoms. The van der Waals surface area contributed by atoms with Gasteiger partial charge in [-0.2, -0.15) is 0 Å². The van der Waals surface area contributed by atoms with Gasteiger partial charge in [-0.05, 0) is 69.5 Å². The third-order valence-corrected chi connectivity index (χ3v) is 6.93. The Bertz CT molecular complexity index is 1460. The zero-order valence-electron chi connectivity index (χ0n) is 18.0. The molecular weight excluding hydrogens is 470 g/mol. The lowest BCUT2D eigenvalue weighted by atomic mass is 9.98. The molecule has 1 atom stereocenters. The predicted molar refractivity (Wildman–Crippen MR) is 141 cm³/mol. The van der Waals surface area contributed by atoms with Crippen molar-refractivity contribution in [3.63, 3.8) is 0 Å². The van der Waals surface area contributed by atoms with Crippen molar-refractivity contribution in [3.8, 4) is 11.4 Å². The summed E-state index contributed by atoms with van der Waals surface area (Å²) in [6, 6.07) is 35.9. The van der Waals surface area contributed by atoms with E-state index in [0.717, 1.165) is 17.9 Å². The second kappa shape index (κ2) is 8.09. The van der Waals surface area contributed by atoms with E-state index in [1.165, 1.54) is 32.9 Å². The highest BCUT2D eigenvalue weighted by Crippen LogP contribution is 2.36. The van der Waals surface area contributed by atoms with Gasteiger partial charge in [0.15, 0.2) is 4.51 Å². The molecule has 4 aromatic carbocycles. The third kappa shape index (κ3) is 3.69. The van der Waals surface area contributed by atoms with E-state index in [9.17, 15) is 0 Å². The summed E-state index contributed by atoms with van der Waals surface area (Å²) < 4.78 is 8.12. The maximum Gasteiger partial charge on any atom is 0.185 e. The molecule has 0 N–H and O–H groups in total. The fraction of sp³-hybridized carbons (Fsp3) is 0.0667. The van der Waals surface area contributed by atoms with Crippen molar-refractivity contribution in [1.29, 1.82) is 0 Å². The summed E-state index contributed by atoms with van der Waals surface area (Å²) in [6.07, 6.45) is 7.19. The van der Waals surface area contributed by atoms with Crippen LogP contribution in [-0.2, 0) is 0 Å². The topological polar surface area (TPSA) is 14.2 Å². The molecule has 1 aliphatic rings. The molecule has 33 heavy (non-hydrogen) atoms. The summed E-state index contributed by atoms with van der Waals surface area (Å²) in [4.78, 5) is 0. The smallest absolute Gasteiger partial charge is 0.185 e. The maximum atomic E-state index is 6.35. The number of benzene rings is 4. The monoisotopic (exact) mass is 491 g/mol. The number of aromatic nitrogens is 1. The summed E-state index contributed by atoms with van der Waals surface area (Å²) in [7, 11) is 0. The average molecular weight is 492 g/mol. The molecule has 6 rings (SSSR count). The van der Waals surface area contributed by atoms with Gasteiger partial charge in [0.2, 0.25) is 0 Å². The van der Waals surface area contributed by atoms with E-state index >= 15 is 0 Å². The van der Waals surface area contributed by atoms with Crippen LogP contribution in [0.4, 0.5) is 0 Å². The largest absolute Gasteiger partial charge is 0.472 e. The molecule has 0 aliphatic heterocycles. The van der Waals surface area contributed by atoms with Crippen LogP contribution < -0.4 is 4.74 Å². The number of allylic oxidation sites excluding steroid dienone is 2. The minimum atomic E-state index is -0.542. The van der Waals surface area contributed by atoms with Gasteiger partial charge in [-0.25, -0.2) is 0 Å². The summed E-state index contributed by atoms with van der Waals surface area (Å²) in [5.74, 6) is 0.831. The number of halogens is 1. The van der Waals surface area contributed by atoms with Crippen LogP contribution in [0.5, 0.6) is 5.75 Å². The maximum absolute atomic E-state index is 6.35. The lowest BCUT2D eigenvalue weighted by Crippen LogP contribution is -2.26. The molecule has 3 heteroatoms. The summed E-state index contributed by atoms with van der Waals surface area (Å²) in [5.41, 5.74) is 5.97. The van der Waals surface area contributed by atoms with Crippen molar-refractivity contribution in [2.24, 2.45) is 0 Å². The van der Waals surface area contributed by atoms with Crippen molar-refractivity contribution in [2.75, 3.05) is 0 Å². The predicted octanol–water partition coefficient (Wildman–Crippen LogP) is 8.30. The zero-order valence-corrected chi connectivity index (χ0v) is 19.6. The van der Waals surface area contributed by atoms with Crippen LogP contribution in [0.25, 0.3) is 33.1 Å². The molecule has 2 nitrogen and oxygen atoms in total. The molecule has 160 valence electrons. The van der Waals surface area contributed by atoms with Crippen molar-refractivity contribution >= 4 is 43.3 Å². The number of rotatable bonds is 4. The first-order valence-electron chi connectivity index (χ1n) is 11.1. The van der Waals surface area contributed by atoms with Gasteiger partial charge in [0.25, 0.3) is 0 Å². The first-order valence-corrected chi connectivity index (χ1v) is 11.9. The molecule has 5 aromatic rings. The van der Waals surface area contributed by atoms with Gasteiger partial charge in [-0.1, -0.05) is 78.9 Å². The van der Waals surface area contributed by atoms with E-state index < -0.39 is 4.51 Å². The number of nitrogens with zero attached hydrogens (tertiary/aromatic N) is 1. The molecule has 0 radical (unpaired) electrons. The number of ether oxygens (including phenoxy) is 1. The first-order chi connectivity index (χ1) is 16.2. The van der Waals surface area contributed by atoms with Crippen LogP contribution >= 0.6 is 15.9 Å². The molecular formula is C30H22BrNO. The van der Waals surface area contributed by atoms with E-state index in [-0.39, 0.29) is 0 Å². The van der Waals surface area contributed by atoms with Crippen molar-refractivity contribution in [1.82, 2.24) is 4.57 Å².